The zero-order valence-corrected chi connectivity index (χ0v) is 11.8. The van der Waals surface area contributed by atoms with Crippen LogP contribution in [0.25, 0.3) is 0 Å². The molecule has 21 heavy (non-hydrogen) atoms. The number of carbonyl (C=O) groups excluding carboxylic acids is 1. The molecule has 110 valence electrons. The topological polar surface area (TPSA) is 71.3 Å². The number of rotatable bonds is 5. The average Bonchev–Trinajstić information content (AvgIpc) is 2.48. The maximum Gasteiger partial charge on any atom is 0.251 e. The Morgan fingerprint density at radius 3 is 2.67 bits per heavy atom. The van der Waals surface area contributed by atoms with E-state index in [4.69, 9.17) is 0 Å². The molecule has 0 aliphatic rings. The van der Waals surface area contributed by atoms with E-state index >= 15 is 0 Å². The lowest BCUT2D eigenvalue weighted by Gasteiger charge is -2.12. The molecule has 1 aromatic heterocycles. The molecule has 2 aromatic rings. The Kier molecular flexibility index (Phi) is 4.90. The average molecular weight is 286 g/mol. The standard InChI is InChI=1S/C16H18N2O3/c1-18-8-7-13(10-15(18)20)16(21)17-11-14(19)9-12-5-3-2-4-6-12/h2-8,10,14,19H,9,11H2,1H3,(H,17,21). The molecular formula is C16H18N2O3. The van der Waals surface area contributed by atoms with Gasteiger partial charge in [-0.3, -0.25) is 9.59 Å². The van der Waals surface area contributed by atoms with Gasteiger partial charge in [0.2, 0.25) is 0 Å². The molecule has 1 amide bonds. The minimum absolute atomic E-state index is 0.142. The van der Waals surface area contributed by atoms with Gasteiger partial charge in [0.15, 0.2) is 0 Å². The van der Waals surface area contributed by atoms with Crippen molar-refractivity contribution in [3.63, 3.8) is 0 Å². The van der Waals surface area contributed by atoms with E-state index in [1.165, 1.54) is 16.8 Å². The van der Waals surface area contributed by atoms with Gasteiger partial charge in [-0.2, -0.15) is 0 Å². The summed E-state index contributed by atoms with van der Waals surface area (Å²) in [7, 11) is 1.62. The Labute approximate surface area is 122 Å². The van der Waals surface area contributed by atoms with E-state index in [1.807, 2.05) is 30.3 Å². The van der Waals surface area contributed by atoms with E-state index in [0.29, 0.717) is 12.0 Å². The summed E-state index contributed by atoms with van der Waals surface area (Å²) < 4.78 is 1.39. The summed E-state index contributed by atoms with van der Waals surface area (Å²) >= 11 is 0. The third-order valence-corrected chi connectivity index (χ3v) is 3.18. The van der Waals surface area contributed by atoms with Gasteiger partial charge in [0.05, 0.1) is 6.10 Å². The van der Waals surface area contributed by atoms with Crippen molar-refractivity contribution in [2.45, 2.75) is 12.5 Å². The molecule has 2 rings (SSSR count). The van der Waals surface area contributed by atoms with Crippen LogP contribution in [-0.4, -0.2) is 28.2 Å². The zero-order chi connectivity index (χ0) is 15.2. The number of pyridine rings is 1. The Balaban J connectivity index is 1.88. The second-order valence-electron chi connectivity index (χ2n) is 4.92. The summed E-state index contributed by atoms with van der Waals surface area (Å²) in [6.45, 7) is 0.142. The normalized spacial score (nSPS) is 11.9. The molecule has 0 saturated carbocycles. The molecule has 0 bridgehead atoms. The predicted molar refractivity (Wildman–Crippen MR) is 80.2 cm³/mol. The number of nitrogens with one attached hydrogen (secondary N) is 1. The number of aliphatic hydroxyl groups is 1. The summed E-state index contributed by atoms with van der Waals surface area (Å²) in [6.07, 6.45) is 1.35. The van der Waals surface area contributed by atoms with Crippen LogP contribution in [0.2, 0.25) is 0 Å². The molecule has 5 heteroatoms. The fourth-order valence-corrected chi connectivity index (χ4v) is 1.96. The number of carbonyl (C=O) groups is 1. The lowest BCUT2D eigenvalue weighted by atomic mass is 10.1. The highest BCUT2D eigenvalue weighted by Gasteiger charge is 2.10. The highest BCUT2D eigenvalue weighted by Crippen LogP contribution is 2.02. The number of aliphatic hydroxyl groups excluding tert-OH is 1. The van der Waals surface area contributed by atoms with Crippen LogP contribution in [0.1, 0.15) is 15.9 Å². The van der Waals surface area contributed by atoms with Crippen LogP contribution in [0.3, 0.4) is 0 Å². The zero-order valence-electron chi connectivity index (χ0n) is 11.8. The molecule has 0 aliphatic heterocycles. The molecule has 1 heterocycles. The summed E-state index contributed by atoms with van der Waals surface area (Å²) in [5, 5.41) is 12.5. The minimum atomic E-state index is -0.664. The van der Waals surface area contributed by atoms with E-state index in [1.54, 1.807) is 13.1 Å². The van der Waals surface area contributed by atoms with Gasteiger partial charge in [0, 0.05) is 37.8 Å². The van der Waals surface area contributed by atoms with Crippen LogP contribution in [-0.2, 0) is 13.5 Å². The van der Waals surface area contributed by atoms with E-state index in [9.17, 15) is 14.7 Å². The monoisotopic (exact) mass is 286 g/mol. The van der Waals surface area contributed by atoms with Crippen LogP contribution in [0.15, 0.2) is 53.5 Å². The smallest absolute Gasteiger partial charge is 0.251 e. The molecular weight excluding hydrogens is 268 g/mol. The Hall–Kier alpha value is -2.40. The van der Waals surface area contributed by atoms with Crippen LogP contribution in [0.4, 0.5) is 0 Å². The molecule has 0 radical (unpaired) electrons. The van der Waals surface area contributed by atoms with Gasteiger partial charge >= 0.3 is 0 Å². The van der Waals surface area contributed by atoms with E-state index in [-0.39, 0.29) is 18.0 Å². The Bertz CT molecular complexity index is 665. The Morgan fingerprint density at radius 1 is 1.29 bits per heavy atom. The molecule has 2 N–H and O–H groups in total. The van der Waals surface area contributed by atoms with E-state index in [0.717, 1.165) is 5.56 Å². The summed E-state index contributed by atoms with van der Waals surface area (Å²) in [6, 6.07) is 12.4. The number of nitrogens with zero attached hydrogens (tertiary/aromatic N) is 1. The van der Waals surface area contributed by atoms with Gasteiger partial charge < -0.3 is 15.0 Å². The molecule has 1 aromatic carbocycles. The first-order chi connectivity index (χ1) is 10.1. The first-order valence-electron chi connectivity index (χ1n) is 6.73. The number of benzene rings is 1. The molecule has 0 fully saturated rings. The van der Waals surface area contributed by atoms with Crippen LogP contribution >= 0.6 is 0 Å². The van der Waals surface area contributed by atoms with E-state index < -0.39 is 6.10 Å². The highest BCUT2D eigenvalue weighted by atomic mass is 16.3. The second kappa shape index (κ2) is 6.85. The van der Waals surface area contributed by atoms with Gasteiger partial charge in [0.1, 0.15) is 0 Å². The third-order valence-electron chi connectivity index (χ3n) is 3.18. The van der Waals surface area contributed by atoms with Gasteiger partial charge in [-0.05, 0) is 11.6 Å². The summed E-state index contributed by atoms with van der Waals surface area (Å²) in [5.41, 5.74) is 1.06. The number of amides is 1. The first kappa shape index (κ1) is 15.0. The molecule has 1 unspecified atom stereocenters. The van der Waals surface area contributed by atoms with Crippen molar-refractivity contribution in [1.82, 2.24) is 9.88 Å². The summed E-state index contributed by atoms with van der Waals surface area (Å²) in [5.74, 6) is -0.361. The Morgan fingerprint density at radius 2 is 2.00 bits per heavy atom. The minimum Gasteiger partial charge on any atom is -0.391 e. The number of hydrogen-bond acceptors (Lipinski definition) is 3. The van der Waals surface area contributed by atoms with Crippen LogP contribution in [0, 0.1) is 0 Å². The molecule has 0 spiro atoms. The van der Waals surface area contributed by atoms with Crippen molar-refractivity contribution < 1.29 is 9.90 Å². The predicted octanol–water partition coefficient (Wildman–Crippen LogP) is 0.719. The van der Waals surface area contributed by atoms with Crippen molar-refractivity contribution in [2.24, 2.45) is 7.05 Å². The van der Waals surface area contributed by atoms with Gasteiger partial charge in [-0.15, -0.1) is 0 Å². The van der Waals surface area contributed by atoms with E-state index in [2.05, 4.69) is 5.32 Å². The lowest BCUT2D eigenvalue weighted by Crippen LogP contribution is -2.34. The fraction of sp³-hybridized carbons (Fsp3) is 0.250. The highest BCUT2D eigenvalue weighted by molar-refractivity contribution is 5.93. The number of aryl methyl sites for hydroxylation is 1. The molecule has 0 aliphatic carbocycles. The van der Waals surface area contributed by atoms with Crippen LogP contribution in [0.5, 0.6) is 0 Å². The molecule has 5 nitrogen and oxygen atoms in total. The largest absolute Gasteiger partial charge is 0.391 e. The van der Waals surface area contributed by atoms with Crippen molar-refractivity contribution >= 4 is 5.91 Å². The van der Waals surface area contributed by atoms with Crippen LogP contribution < -0.4 is 10.9 Å². The van der Waals surface area contributed by atoms with Gasteiger partial charge in [-0.25, -0.2) is 0 Å². The first-order valence-corrected chi connectivity index (χ1v) is 6.73. The van der Waals surface area contributed by atoms with Crippen molar-refractivity contribution in [1.29, 1.82) is 0 Å². The molecule has 0 saturated heterocycles. The maximum absolute atomic E-state index is 11.9. The van der Waals surface area contributed by atoms with Gasteiger partial charge in [-0.1, -0.05) is 30.3 Å². The second-order valence-corrected chi connectivity index (χ2v) is 4.92. The third kappa shape index (κ3) is 4.29. The van der Waals surface area contributed by atoms with Crippen molar-refractivity contribution in [3.8, 4) is 0 Å². The quantitative estimate of drug-likeness (QED) is 0.850. The van der Waals surface area contributed by atoms with Crippen molar-refractivity contribution in [3.05, 3.63) is 70.1 Å². The molecule has 1 atom stereocenters. The van der Waals surface area contributed by atoms with Crippen molar-refractivity contribution in [2.75, 3.05) is 6.54 Å². The van der Waals surface area contributed by atoms with Gasteiger partial charge in [0.25, 0.3) is 11.5 Å². The number of hydrogen-bond donors (Lipinski definition) is 2. The number of aromatic nitrogens is 1. The maximum atomic E-state index is 11.9. The summed E-state index contributed by atoms with van der Waals surface area (Å²) in [4.78, 5) is 23.4. The fourth-order valence-electron chi connectivity index (χ4n) is 1.96. The lowest BCUT2D eigenvalue weighted by molar-refractivity contribution is 0.0915. The SMILES string of the molecule is Cn1ccc(C(=O)NCC(O)Cc2ccccc2)cc1=O.